The topological polar surface area (TPSA) is 90.6 Å². The number of H-pyrrole nitrogens is 2. The van der Waals surface area contributed by atoms with Crippen LogP contribution in [0.3, 0.4) is 0 Å². The van der Waals surface area contributed by atoms with Gasteiger partial charge in [-0.3, -0.25) is 9.78 Å². The van der Waals surface area contributed by atoms with Crippen molar-refractivity contribution in [2.24, 2.45) is 0 Å². The maximum atomic E-state index is 11.8. The summed E-state index contributed by atoms with van der Waals surface area (Å²) in [7, 11) is 0. The molecule has 0 aliphatic heterocycles. The van der Waals surface area contributed by atoms with E-state index in [1.807, 2.05) is 0 Å². The minimum atomic E-state index is -0.431. The molecule has 6 nitrogen and oxygen atoms in total. The Morgan fingerprint density at radius 1 is 1.39 bits per heavy atom. The fourth-order valence-corrected chi connectivity index (χ4v) is 1.70. The molecule has 0 unspecified atom stereocenters. The Morgan fingerprint density at radius 2 is 2.17 bits per heavy atom. The molecule has 0 radical (unpaired) electrons. The smallest absolute Gasteiger partial charge is 0.340 e. The molecule has 2 rings (SSSR count). The summed E-state index contributed by atoms with van der Waals surface area (Å²) in [6.07, 6.45) is 0. The van der Waals surface area contributed by atoms with Gasteiger partial charge in [0, 0.05) is 5.02 Å². The molecule has 0 fully saturated rings. The zero-order valence-corrected chi connectivity index (χ0v) is 10.5. The Bertz CT molecular complexity index is 635. The van der Waals surface area contributed by atoms with E-state index in [-0.39, 0.29) is 12.1 Å². The van der Waals surface area contributed by atoms with E-state index < -0.39 is 11.6 Å². The molecule has 2 aromatic rings. The molecule has 18 heavy (non-hydrogen) atoms. The number of halogens is 2. The number of nitrogens with one attached hydrogen (secondary N) is 3. The molecule has 0 aliphatic rings. The van der Waals surface area contributed by atoms with Crippen molar-refractivity contribution in [2.45, 2.75) is 6.54 Å². The molecule has 0 bridgehead atoms. The lowest BCUT2D eigenvalue weighted by molar-refractivity contribution is 0.0950. The third kappa shape index (κ3) is 2.91. The average Bonchev–Trinajstić information content (AvgIpc) is 2.75. The minimum absolute atomic E-state index is 0.0837. The fourth-order valence-electron chi connectivity index (χ4n) is 1.32. The quantitative estimate of drug-likeness (QED) is 0.795. The van der Waals surface area contributed by atoms with Crippen molar-refractivity contribution in [3.8, 4) is 0 Å². The van der Waals surface area contributed by atoms with Crippen LogP contribution in [0.2, 0.25) is 10.0 Å². The van der Waals surface area contributed by atoms with Gasteiger partial charge in [0.2, 0.25) is 0 Å². The predicted molar refractivity (Wildman–Crippen MR) is 66.8 cm³/mol. The number of aromatic amines is 2. The molecule has 0 atom stereocenters. The average molecular weight is 287 g/mol. The first-order chi connectivity index (χ1) is 8.56. The van der Waals surface area contributed by atoms with E-state index in [0.29, 0.717) is 15.9 Å². The highest BCUT2D eigenvalue weighted by Crippen LogP contribution is 2.20. The van der Waals surface area contributed by atoms with Crippen LogP contribution >= 0.6 is 23.2 Å². The summed E-state index contributed by atoms with van der Waals surface area (Å²) in [4.78, 5) is 25.0. The first kappa shape index (κ1) is 12.7. The fraction of sp³-hybridized carbons (Fsp3) is 0.100. The number of nitrogens with zero attached hydrogens (tertiary/aromatic N) is 1. The van der Waals surface area contributed by atoms with Gasteiger partial charge in [-0.05, 0) is 18.2 Å². The van der Waals surface area contributed by atoms with Crippen LogP contribution in [0.25, 0.3) is 0 Å². The van der Waals surface area contributed by atoms with Crippen molar-refractivity contribution < 1.29 is 4.79 Å². The van der Waals surface area contributed by atoms with Gasteiger partial charge in [0.25, 0.3) is 5.91 Å². The van der Waals surface area contributed by atoms with E-state index in [2.05, 4.69) is 20.5 Å². The highest BCUT2D eigenvalue weighted by molar-refractivity contribution is 6.35. The lowest BCUT2D eigenvalue weighted by atomic mass is 10.2. The van der Waals surface area contributed by atoms with Crippen LogP contribution < -0.4 is 11.0 Å². The maximum absolute atomic E-state index is 11.8. The first-order valence-electron chi connectivity index (χ1n) is 4.93. The Kier molecular flexibility index (Phi) is 3.69. The summed E-state index contributed by atoms with van der Waals surface area (Å²) in [6.45, 7) is 0.0837. The molecule has 0 spiro atoms. The van der Waals surface area contributed by atoms with E-state index in [4.69, 9.17) is 23.2 Å². The minimum Gasteiger partial charge on any atom is -0.345 e. The van der Waals surface area contributed by atoms with Crippen LogP contribution in [0.5, 0.6) is 0 Å². The van der Waals surface area contributed by atoms with Crippen molar-refractivity contribution in [3.05, 3.63) is 50.1 Å². The molecular formula is C10H8Cl2N4O2. The van der Waals surface area contributed by atoms with Crippen molar-refractivity contribution in [2.75, 3.05) is 0 Å². The second-order valence-corrected chi connectivity index (χ2v) is 4.27. The number of aromatic nitrogens is 3. The molecule has 0 aliphatic carbocycles. The van der Waals surface area contributed by atoms with Gasteiger partial charge in [-0.1, -0.05) is 23.2 Å². The number of hydrogen-bond donors (Lipinski definition) is 3. The van der Waals surface area contributed by atoms with Gasteiger partial charge in [0.1, 0.15) is 5.82 Å². The molecule has 8 heteroatoms. The van der Waals surface area contributed by atoms with Crippen LogP contribution in [-0.2, 0) is 6.54 Å². The van der Waals surface area contributed by atoms with Gasteiger partial charge in [0.05, 0.1) is 17.1 Å². The number of rotatable bonds is 3. The van der Waals surface area contributed by atoms with Crippen molar-refractivity contribution >= 4 is 29.1 Å². The van der Waals surface area contributed by atoms with Gasteiger partial charge in [-0.25, -0.2) is 9.89 Å². The summed E-state index contributed by atoms with van der Waals surface area (Å²) < 4.78 is 0. The number of hydrogen-bond acceptors (Lipinski definition) is 3. The maximum Gasteiger partial charge on any atom is 0.340 e. The van der Waals surface area contributed by atoms with Gasteiger partial charge in [0.15, 0.2) is 0 Å². The number of carbonyl (C=O) groups is 1. The highest BCUT2D eigenvalue weighted by atomic mass is 35.5. The summed E-state index contributed by atoms with van der Waals surface area (Å²) in [6, 6.07) is 4.59. The van der Waals surface area contributed by atoms with Crippen LogP contribution in [-0.4, -0.2) is 21.1 Å². The van der Waals surface area contributed by atoms with Crippen LogP contribution in [0.4, 0.5) is 0 Å². The molecule has 1 aromatic heterocycles. The first-order valence-corrected chi connectivity index (χ1v) is 5.68. The van der Waals surface area contributed by atoms with Crippen LogP contribution in [0.15, 0.2) is 23.0 Å². The Balaban J connectivity index is 2.08. The highest BCUT2D eigenvalue weighted by Gasteiger charge is 2.11. The predicted octanol–water partition coefficient (Wildman–Crippen LogP) is 1.33. The van der Waals surface area contributed by atoms with Gasteiger partial charge < -0.3 is 5.32 Å². The van der Waals surface area contributed by atoms with E-state index in [1.165, 1.54) is 12.1 Å². The van der Waals surface area contributed by atoms with Crippen molar-refractivity contribution in [1.29, 1.82) is 0 Å². The molecule has 0 saturated heterocycles. The Hall–Kier alpha value is -1.79. The zero-order chi connectivity index (χ0) is 13.1. The Labute approximate surface area is 111 Å². The normalized spacial score (nSPS) is 10.3. The number of carbonyl (C=O) groups excluding carboxylic acids is 1. The van der Waals surface area contributed by atoms with E-state index in [1.54, 1.807) is 6.07 Å². The van der Waals surface area contributed by atoms with Gasteiger partial charge in [-0.15, -0.1) is 0 Å². The second-order valence-electron chi connectivity index (χ2n) is 3.43. The standard InChI is InChI=1S/C10H8Cl2N4O2/c11-5-1-2-7(12)6(3-5)9(17)13-4-8-14-10(18)16-15-8/h1-3H,4H2,(H,13,17)(H2,14,15,16,18). The zero-order valence-electron chi connectivity index (χ0n) is 8.96. The summed E-state index contributed by atoms with van der Waals surface area (Å²) >= 11 is 11.7. The molecule has 1 amide bonds. The largest absolute Gasteiger partial charge is 0.345 e. The summed E-state index contributed by atoms with van der Waals surface area (Å²) in [5.41, 5.74) is -0.165. The SMILES string of the molecule is O=C(NCc1n[nH]c(=O)[nH]1)c1cc(Cl)ccc1Cl. The van der Waals surface area contributed by atoms with E-state index in [9.17, 15) is 9.59 Å². The molecule has 94 valence electrons. The molecular weight excluding hydrogens is 279 g/mol. The monoisotopic (exact) mass is 286 g/mol. The molecule has 1 heterocycles. The summed E-state index contributed by atoms with van der Waals surface area (Å²) in [5, 5.41) is 9.12. The van der Waals surface area contributed by atoms with E-state index in [0.717, 1.165) is 0 Å². The van der Waals surface area contributed by atoms with E-state index >= 15 is 0 Å². The van der Waals surface area contributed by atoms with Crippen molar-refractivity contribution in [1.82, 2.24) is 20.5 Å². The molecule has 0 saturated carbocycles. The molecule has 1 aromatic carbocycles. The lowest BCUT2D eigenvalue weighted by Gasteiger charge is -2.05. The van der Waals surface area contributed by atoms with Crippen LogP contribution in [0.1, 0.15) is 16.2 Å². The number of benzene rings is 1. The second kappa shape index (κ2) is 5.24. The van der Waals surface area contributed by atoms with Crippen LogP contribution in [0, 0.1) is 0 Å². The van der Waals surface area contributed by atoms with Gasteiger partial charge in [-0.2, -0.15) is 5.10 Å². The third-order valence-electron chi connectivity index (χ3n) is 2.14. The Morgan fingerprint density at radius 3 is 2.83 bits per heavy atom. The third-order valence-corrected chi connectivity index (χ3v) is 2.70. The van der Waals surface area contributed by atoms with Gasteiger partial charge >= 0.3 is 5.69 Å². The molecule has 3 N–H and O–H groups in total. The van der Waals surface area contributed by atoms with Crippen molar-refractivity contribution in [3.63, 3.8) is 0 Å². The number of amides is 1. The summed E-state index contributed by atoms with van der Waals surface area (Å²) in [5.74, 6) is -0.0714. The lowest BCUT2D eigenvalue weighted by Crippen LogP contribution is -2.24.